The van der Waals surface area contributed by atoms with Gasteiger partial charge in [-0.25, -0.2) is 9.59 Å². The molecule has 0 unspecified atom stereocenters. The second-order valence-corrected chi connectivity index (χ2v) is 15.1. The van der Waals surface area contributed by atoms with Gasteiger partial charge >= 0.3 is 18.1 Å². The number of amides is 5. The Morgan fingerprint density at radius 1 is 0.980 bits per heavy atom. The summed E-state index contributed by atoms with van der Waals surface area (Å²) >= 11 is 1.11. The average molecular weight is 706 g/mol. The zero-order valence-electron chi connectivity index (χ0n) is 29.1. The first-order chi connectivity index (χ1) is 23.3. The second-order valence-electron chi connectivity index (χ2n) is 14.0. The number of ether oxygens (including phenoxy) is 1. The summed E-state index contributed by atoms with van der Waals surface area (Å²) in [6.45, 7) is 6.22. The predicted molar refractivity (Wildman–Crippen MR) is 188 cm³/mol. The van der Waals surface area contributed by atoms with Gasteiger partial charge in [0.25, 0.3) is 0 Å². The minimum Gasteiger partial charge on any atom is -0.481 e. The standard InChI is InChI=1S/C35H55N5O8S/c1-35(2,3)48-34(47)37-26-15-18-40(19-16-26)33(46)39-28(21-25-12-8-5-9-13-25)32(45)36-17-14-30(42)38-27(20-24-10-6-4-7-11-24)29(41)22-49-23-31(43)44/h5,8-9,12-13,24,26-29,41H,4,6-7,10-11,14-23H2,1-3H3,(H,36,45)(H,37,47)(H,38,42)(H,39,46)(H,43,44)/t27-,28-,29+/m0/s1. The van der Waals surface area contributed by atoms with E-state index >= 15 is 0 Å². The van der Waals surface area contributed by atoms with E-state index in [4.69, 9.17) is 9.84 Å². The Labute approximate surface area is 294 Å². The van der Waals surface area contributed by atoms with Gasteiger partial charge in [-0.2, -0.15) is 0 Å². The number of aliphatic carboxylic acids is 1. The van der Waals surface area contributed by atoms with E-state index in [2.05, 4.69) is 21.3 Å². The van der Waals surface area contributed by atoms with Crippen LogP contribution in [0.2, 0.25) is 0 Å². The van der Waals surface area contributed by atoms with Crippen LogP contribution in [-0.4, -0.2) is 106 Å². The number of urea groups is 1. The van der Waals surface area contributed by atoms with Gasteiger partial charge in [-0.05, 0) is 51.5 Å². The number of carbonyl (C=O) groups excluding carboxylic acids is 4. The van der Waals surface area contributed by atoms with Crippen LogP contribution in [0.5, 0.6) is 0 Å². The second kappa shape index (κ2) is 20.2. The number of hydrogen-bond acceptors (Lipinski definition) is 8. The molecule has 2 fully saturated rings. The fourth-order valence-electron chi connectivity index (χ4n) is 6.18. The van der Waals surface area contributed by atoms with Gasteiger partial charge in [0, 0.05) is 44.3 Å². The molecule has 13 nitrogen and oxygen atoms in total. The number of piperidine rings is 1. The Morgan fingerprint density at radius 2 is 1.65 bits per heavy atom. The number of nitrogens with zero attached hydrogens (tertiary/aromatic N) is 1. The Balaban J connectivity index is 1.52. The van der Waals surface area contributed by atoms with Crippen LogP contribution in [0, 0.1) is 5.92 Å². The normalized spacial score (nSPS) is 17.7. The third-order valence-electron chi connectivity index (χ3n) is 8.69. The lowest BCUT2D eigenvalue weighted by atomic mass is 9.84. The lowest BCUT2D eigenvalue weighted by Crippen LogP contribution is -2.55. The highest BCUT2D eigenvalue weighted by molar-refractivity contribution is 7.99. The number of benzene rings is 1. The molecule has 274 valence electrons. The first kappa shape index (κ1) is 39.9. The molecule has 0 spiro atoms. The quantitative estimate of drug-likeness (QED) is 0.150. The number of aliphatic hydroxyl groups is 1. The van der Waals surface area contributed by atoms with Gasteiger partial charge in [0.05, 0.1) is 17.9 Å². The van der Waals surface area contributed by atoms with E-state index in [-0.39, 0.29) is 48.9 Å². The van der Waals surface area contributed by atoms with Gasteiger partial charge in [-0.3, -0.25) is 14.4 Å². The topological polar surface area (TPSA) is 186 Å². The number of likely N-dealkylation sites (tertiary alicyclic amines) is 1. The summed E-state index contributed by atoms with van der Waals surface area (Å²) in [7, 11) is 0. The highest BCUT2D eigenvalue weighted by atomic mass is 32.2. The maximum absolute atomic E-state index is 13.4. The van der Waals surface area contributed by atoms with Crippen LogP contribution in [0.3, 0.4) is 0 Å². The van der Waals surface area contributed by atoms with Crippen molar-refractivity contribution in [2.45, 2.75) is 115 Å². The number of thioether (sulfide) groups is 1. The molecule has 14 heteroatoms. The van der Waals surface area contributed by atoms with Crippen LogP contribution in [-0.2, 0) is 25.5 Å². The van der Waals surface area contributed by atoms with Gasteiger partial charge in [-0.1, -0.05) is 62.4 Å². The molecule has 3 atom stereocenters. The van der Waals surface area contributed by atoms with Crippen molar-refractivity contribution in [2.24, 2.45) is 5.92 Å². The van der Waals surface area contributed by atoms with E-state index in [9.17, 15) is 29.1 Å². The highest BCUT2D eigenvalue weighted by Gasteiger charge is 2.30. The molecule has 0 bridgehead atoms. The van der Waals surface area contributed by atoms with Crippen LogP contribution in [0.1, 0.15) is 84.1 Å². The fourth-order valence-corrected chi connectivity index (χ4v) is 6.95. The smallest absolute Gasteiger partial charge is 0.407 e. The van der Waals surface area contributed by atoms with Crippen LogP contribution >= 0.6 is 11.8 Å². The minimum atomic E-state index is -0.959. The van der Waals surface area contributed by atoms with E-state index in [0.29, 0.717) is 38.3 Å². The summed E-state index contributed by atoms with van der Waals surface area (Å²) < 4.78 is 5.34. The van der Waals surface area contributed by atoms with Gasteiger partial charge in [0.2, 0.25) is 11.8 Å². The first-order valence-electron chi connectivity index (χ1n) is 17.4. The fraction of sp³-hybridized carbons (Fsp3) is 0.686. The molecule has 2 aliphatic rings. The lowest BCUT2D eigenvalue weighted by Gasteiger charge is -2.33. The van der Waals surface area contributed by atoms with Crippen LogP contribution in [0.4, 0.5) is 9.59 Å². The summed E-state index contributed by atoms with van der Waals surface area (Å²) in [6.07, 6.45) is 6.04. The maximum atomic E-state index is 13.4. The zero-order chi connectivity index (χ0) is 35.8. The third kappa shape index (κ3) is 15.7. The van der Waals surface area contributed by atoms with Crippen molar-refractivity contribution < 1.29 is 38.9 Å². The molecule has 0 aromatic heterocycles. The molecule has 1 aromatic carbocycles. The SMILES string of the molecule is CC(C)(C)OC(=O)NC1CCN(C(=O)N[C@@H](Cc2ccccc2)C(=O)NCCC(=O)N[C@@H](CC2CCCCC2)[C@H](O)CSCC(=O)O)CC1. The predicted octanol–water partition coefficient (Wildman–Crippen LogP) is 3.44. The van der Waals surface area contributed by atoms with Crippen molar-refractivity contribution in [1.29, 1.82) is 0 Å². The number of carbonyl (C=O) groups is 5. The Morgan fingerprint density at radius 3 is 2.29 bits per heavy atom. The molecule has 1 aliphatic heterocycles. The van der Waals surface area contributed by atoms with Crippen molar-refractivity contribution in [3.05, 3.63) is 35.9 Å². The van der Waals surface area contributed by atoms with E-state index in [1.165, 1.54) is 6.42 Å². The van der Waals surface area contributed by atoms with Crippen LogP contribution < -0.4 is 21.3 Å². The molecule has 49 heavy (non-hydrogen) atoms. The summed E-state index contributed by atoms with van der Waals surface area (Å²) in [5.74, 6) is -1.26. The van der Waals surface area contributed by atoms with E-state index in [1.54, 1.807) is 25.7 Å². The zero-order valence-corrected chi connectivity index (χ0v) is 29.9. The Kier molecular flexibility index (Phi) is 16.5. The van der Waals surface area contributed by atoms with Crippen LogP contribution in [0.15, 0.2) is 30.3 Å². The van der Waals surface area contributed by atoms with Crippen molar-refractivity contribution >= 4 is 41.7 Å². The Bertz CT molecular complexity index is 1220. The Hall–Kier alpha value is -3.52. The van der Waals surface area contributed by atoms with Crippen molar-refractivity contribution in [3.63, 3.8) is 0 Å². The van der Waals surface area contributed by atoms with Crippen molar-refractivity contribution in [3.8, 4) is 0 Å². The molecule has 1 aromatic rings. The van der Waals surface area contributed by atoms with E-state index in [1.807, 2.05) is 30.3 Å². The minimum absolute atomic E-state index is 0.0218. The first-order valence-corrected chi connectivity index (χ1v) is 18.6. The maximum Gasteiger partial charge on any atom is 0.407 e. The monoisotopic (exact) mass is 705 g/mol. The number of alkyl carbamates (subject to hydrolysis) is 1. The van der Waals surface area contributed by atoms with Crippen molar-refractivity contribution in [1.82, 2.24) is 26.2 Å². The summed E-state index contributed by atoms with van der Waals surface area (Å²) in [5, 5.41) is 31.3. The number of nitrogens with one attached hydrogen (secondary N) is 4. The number of carboxylic acids is 1. The molecule has 0 radical (unpaired) electrons. The van der Waals surface area contributed by atoms with Gasteiger partial charge in [0.1, 0.15) is 11.6 Å². The van der Waals surface area contributed by atoms with E-state index in [0.717, 1.165) is 43.0 Å². The molecule has 1 aliphatic carbocycles. The number of rotatable bonds is 16. The van der Waals surface area contributed by atoms with E-state index < -0.39 is 41.8 Å². The molecule has 1 saturated heterocycles. The van der Waals surface area contributed by atoms with Crippen molar-refractivity contribution in [2.75, 3.05) is 31.1 Å². The molecule has 1 saturated carbocycles. The lowest BCUT2D eigenvalue weighted by molar-refractivity contribution is -0.134. The average Bonchev–Trinajstić information content (AvgIpc) is 3.04. The molecule has 3 rings (SSSR count). The number of aliphatic hydroxyl groups excluding tert-OH is 1. The molecular weight excluding hydrogens is 650 g/mol. The summed E-state index contributed by atoms with van der Waals surface area (Å²) in [4.78, 5) is 64.3. The molecular formula is C35H55N5O8S. The molecule has 6 N–H and O–H groups in total. The van der Waals surface area contributed by atoms with Gasteiger partial charge < -0.3 is 41.1 Å². The largest absolute Gasteiger partial charge is 0.481 e. The third-order valence-corrected chi connectivity index (χ3v) is 9.72. The van der Waals surface area contributed by atoms with Crippen LogP contribution in [0.25, 0.3) is 0 Å². The number of carboxylic acid groups (broad SMARTS) is 1. The van der Waals surface area contributed by atoms with Gasteiger partial charge in [0.15, 0.2) is 0 Å². The number of hydrogen-bond donors (Lipinski definition) is 6. The van der Waals surface area contributed by atoms with Gasteiger partial charge in [-0.15, -0.1) is 11.8 Å². The molecule has 1 heterocycles. The molecule has 5 amide bonds. The highest BCUT2D eigenvalue weighted by Crippen LogP contribution is 2.28. The summed E-state index contributed by atoms with van der Waals surface area (Å²) in [6, 6.07) is 7.43. The summed E-state index contributed by atoms with van der Waals surface area (Å²) in [5.41, 5.74) is 0.257.